The molecule has 0 heterocycles. The van der Waals surface area contributed by atoms with E-state index in [2.05, 4.69) is 5.32 Å². The van der Waals surface area contributed by atoms with Gasteiger partial charge in [-0.05, 0) is 30.7 Å². The highest BCUT2D eigenvalue weighted by atomic mass is 35.5. The van der Waals surface area contributed by atoms with Gasteiger partial charge in [0.2, 0.25) is 0 Å². The van der Waals surface area contributed by atoms with Crippen molar-refractivity contribution in [3.63, 3.8) is 0 Å². The molecule has 2 rings (SSSR count). The minimum Gasteiger partial charge on any atom is -0.507 e. The normalized spacial score (nSPS) is 11.6. The molecule has 6 heteroatoms. The zero-order valence-electron chi connectivity index (χ0n) is 12.5. The Morgan fingerprint density at radius 1 is 1.22 bits per heavy atom. The van der Waals surface area contributed by atoms with Crippen molar-refractivity contribution in [3.05, 3.63) is 64.7 Å². The third kappa shape index (κ3) is 4.72. The Balaban J connectivity index is 1.88. The highest BCUT2D eigenvalue weighted by Crippen LogP contribution is 2.22. The predicted molar refractivity (Wildman–Crippen MR) is 86.4 cm³/mol. The Morgan fingerprint density at radius 3 is 2.57 bits per heavy atom. The molecule has 1 atom stereocenters. The summed E-state index contributed by atoms with van der Waals surface area (Å²) in [4.78, 5) is 23.7. The summed E-state index contributed by atoms with van der Waals surface area (Å²) < 4.78 is 4.89. The van der Waals surface area contributed by atoms with Gasteiger partial charge in [0.15, 0.2) is 6.61 Å². The maximum absolute atomic E-state index is 11.8. The molecule has 120 valence electrons. The van der Waals surface area contributed by atoms with Crippen LogP contribution >= 0.6 is 11.6 Å². The van der Waals surface area contributed by atoms with E-state index in [9.17, 15) is 14.7 Å². The van der Waals surface area contributed by atoms with E-state index < -0.39 is 18.5 Å². The number of ether oxygens (including phenoxy) is 1. The first-order valence-electron chi connectivity index (χ1n) is 6.97. The van der Waals surface area contributed by atoms with E-state index in [1.54, 1.807) is 0 Å². The second-order valence-corrected chi connectivity index (χ2v) is 5.37. The number of phenols is 1. The van der Waals surface area contributed by atoms with Crippen molar-refractivity contribution in [2.75, 3.05) is 6.61 Å². The minimum absolute atomic E-state index is 0.0432. The van der Waals surface area contributed by atoms with Gasteiger partial charge in [0.25, 0.3) is 5.91 Å². The summed E-state index contributed by atoms with van der Waals surface area (Å²) in [6.07, 6.45) is 0. The molecule has 5 nitrogen and oxygen atoms in total. The summed E-state index contributed by atoms with van der Waals surface area (Å²) in [5, 5.41) is 12.7. The zero-order chi connectivity index (χ0) is 16.8. The van der Waals surface area contributed by atoms with Gasteiger partial charge in [0, 0.05) is 5.02 Å². The molecule has 2 aromatic carbocycles. The molecule has 0 aliphatic rings. The lowest BCUT2D eigenvalue weighted by atomic mass is 10.1. The van der Waals surface area contributed by atoms with Crippen molar-refractivity contribution in [1.29, 1.82) is 0 Å². The van der Waals surface area contributed by atoms with Crippen LogP contribution in [0.3, 0.4) is 0 Å². The third-order valence-electron chi connectivity index (χ3n) is 3.19. The van der Waals surface area contributed by atoms with Gasteiger partial charge >= 0.3 is 5.97 Å². The van der Waals surface area contributed by atoms with Gasteiger partial charge in [0.05, 0.1) is 6.04 Å². The highest BCUT2D eigenvalue weighted by Gasteiger charge is 2.16. The van der Waals surface area contributed by atoms with Gasteiger partial charge in [-0.3, -0.25) is 4.79 Å². The van der Waals surface area contributed by atoms with Crippen LogP contribution in [0.4, 0.5) is 0 Å². The Morgan fingerprint density at radius 2 is 1.91 bits per heavy atom. The summed E-state index contributed by atoms with van der Waals surface area (Å²) in [7, 11) is 0. The number of halogens is 1. The fraction of sp³-hybridized carbons (Fsp3) is 0.176. The second-order valence-electron chi connectivity index (χ2n) is 4.94. The van der Waals surface area contributed by atoms with Crippen molar-refractivity contribution in [2.45, 2.75) is 13.0 Å². The molecule has 0 bridgehead atoms. The number of carbonyl (C=O) groups is 2. The van der Waals surface area contributed by atoms with E-state index >= 15 is 0 Å². The standard InChI is InChI=1S/C17H16ClNO4/c1-11(12-5-3-2-4-6-12)19-16(21)10-23-17(22)14-8-7-13(18)9-15(14)20/h2-9,11,20H,10H2,1H3,(H,19,21). The summed E-state index contributed by atoms with van der Waals surface area (Å²) >= 11 is 5.69. The summed E-state index contributed by atoms with van der Waals surface area (Å²) in [5.74, 6) is -1.51. The quantitative estimate of drug-likeness (QED) is 0.824. The maximum atomic E-state index is 11.8. The predicted octanol–water partition coefficient (Wildman–Crippen LogP) is 3.08. The van der Waals surface area contributed by atoms with Crippen LogP contribution in [-0.2, 0) is 9.53 Å². The molecule has 1 unspecified atom stereocenters. The number of aromatic hydroxyl groups is 1. The molecule has 0 fully saturated rings. The fourth-order valence-corrected chi connectivity index (χ4v) is 2.16. The molecule has 0 spiro atoms. The first-order chi connectivity index (χ1) is 11.0. The molecule has 2 N–H and O–H groups in total. The Hall–Kier alpha value is -2.53. The number of carbonyl (C=O) groups excluding carboxylic acids is 2. The van der Waals surface area contributed by atoms with Crippen LogP contribution in [0.5, 0.6) is 5.75 Å². The van der Waals surface area contributed by atoms with E-state index in [4.69, 9.17) is 16.3 Å². The summed E-state index contributed by atoms with van der Waals surface area (Å²) in [6, 6.07) is 13.2. The van der Waals surface area contributed by atoms with Crippen LogP contribution in [-0.4, -0.2) is 23.6 Å². The SMILES string of the molecule is CC(NC(=O)COC(=O)c1ccc(Cl)cc1O)c1ccccc1. The summed E-state index contributed by atoms with van der Waals surface area (Å²) in [5.41, 5.74) is 0.904. The van der Waals surface area contributed by atoms with Crippen LogP contribution in [0.1, 0.15) is 28.9 Å². The molecule has 0 aliphatic heterocycles. The lowest BCUT2D eigenvalue weighted by Crippen LogP contribution is -2.31. The van der Waals surface area contributed by atoms with Crippen LogP contribution in [0.25, 0.3) is 0 Å². The monoisotopic (exact) mass is 333 g/mol. The van der Waals surface area contributed by atoms with E-state index in [1.807, 2.05) is 37.3 Å². The smallest absolute Gasteiger partial charge is 0.342 e. The van der Waals surface area contributed by atoms with Gasteiger partial charge in [-0.15, -0.1) is 0 Å². The first kappa shape index (κ1) is 16.8. The number of benzene rings is 2. The average Bonchev–Trinajstić information content (AvgIpc) is 2.53. The van der Waals surface area contributed by atoms with E-state index in [0.29, 0.717) is 5.02 Å². The van der Waals surface area contributed by atoms with Gasteiger partial charge in [-0.1, -0.05) is 41.9 Å². The van der Waals surface area contributed by atoms with E-state index in [0.717, 1.165) is 5.56 Å². The van der Waals surface area contributed by atoms with Crippen molar-refractivity contribution in [3.8, 4) is 5.75 Å². The summed E-state index contributed by atoms with van der Waals surface area (Å²) in [6.45, 7) is 1.40. The Bertz CT molecular complexity index is 703. The topological polar surface area (TPSA) is 75.6 Å². The zero-order valence-corrected chi connectivity index (χ0v) is 13.2. The van der Waals surface area contributed by atoms with Crippen molar-refractivity contribution < 1.29 is 19.4 Å². The number of amides is 1. The van der Waals surface area contributed by atoms with Gasteiger partial charge < -0.3 is 15.2 Å². The molecule has 0 radical (unpaired) electrons. The molecular weight excluding hydrogens is 318 g/mol. The van der Waals surface area contributed by atoms with Gasteiger partial charge in [0.1, 0.15) is 11.3 Å². The number of esters is 1. The van der Waals surface area contributed by atoms with Gasteiger partial charge in [-0.25, -0.2) is 4.79 Å². The lowest BCUT2D eigenvalue weighted by Gasteiger charge is -2.14. The molecule has 23 heavy (non-hydrogen) atoms. The molecule has 0 saturated heterocycles. The average molecular weight is 334 g/mol. The van der Waals surface area contributed by atoms with E-state index in [1.165, 1.54) is 18.2 Å². The van der Waals surface area contributed by atoms with Crippen molar-refractivity contribution >= 4 is 23.5 Å². The number of nitrogens with one attached hydrogen (secondary N) is 1. The molecule has 0 aromatic heterocycles. The Kier molecular flexibility index (Phi) is 5.60. The van der Waals surface area contributed by atoms with Crippen molar-refractivity contribution in [1.82, 2.24) is 5.32 Å². The second kappa shape index (κ2) is 7.65. The largest absolute Gasteiger partial charge is 0.507 e. The minimum atomic E-state index is -0.790. The van der Waals surface area contributed by atoms with Crippen LogP contribution in [0.2, 0.25) is 5.02 Å². The molecule has 0 aliphatic carbocycles. The Labute approximate surface area is 138 Å². The molecule has 2 aromatic rings. The molecule has 1 amide bonds. The van der Waals surface area contributed by atoms with Crippen molar-refractivity contribution in [2.24, 2.45) is 0 Å². The first-order valence-corrected chi connectivity index (χ1v) is 7.35. The number of rotatable bonds is 5. The number of hydrogen-bond acceptors (Lipinski definition) is 4. The number of phenolic OH excluding ortho intramolecular Hbond substituents is 1. The van der Waals surface area contributed by atoms with Crippen LogP contribution in [0, 0.1) is 0 Å². The van der Waals surface area contributed by atoms with Gasteiger partial charge in [-0.2, -0.15) is 0 Å². The third-order valence-corrected chi connectivity index (χ3v) is 3.43. The lowest BCUT2D eigenvalue weighted by molar-refractivity contribution is -0.124. The van der Waals surface area contributed by atoms with Crippen LogP contribution < -0.4 is 5.32 Å². The molecule has 0 saturated carbocycles. The van der Waals surface area contributed by atoms with E-state index in [-0.39, 0.29) is 17.4 Å². The fourth-order valence-electron chi connectivity index (χ4n) is 1.99. The van der Waals surface area contributed by atoms with Crippen LogP contribution in [0.15, 0.2) is 48.5 Å². The number of hydrogen-bond donors (Lipinski definition) is 2. The highest BCUT2D eigenvalue weighted by molar-refractivity contribution is 6.30. The maximum Gasteiger partial charge on any atom is 0.342 e. The molecular formula is C17H16ClNO4.